The minimum Gasteiger partial charge on any atom is -0.320 e. The van der Waals surface area contributed by atoms with Gasteiger partial charge in [0.05, 0.1) is 5.71 Å². The molecule has 2 aromatic rings. The zero-order valence-electron chi connectivity index (χ0n) is 12.4. The van der Waals surface area contributed by atoms with Gasteiger partial charge in [0.15, 0.2) is 0 Å². The molecule has 0 unspecified atom stereocenters. The first-order valence-electron chi connectivity index (χ1n) is 7.17. The molecular weight excluding hydrogens is 332 g/mol. The Balaban J connectivity index is 1.60. The first-order valence-corrected chi connectivity index (χ1v) is 7.98. The van der Waals surface area contributed by atoms with Crippen molar-refractivity contribution in [3.05, 3.63) is 66.2 Å². The lowest BCUT2D eigenvalue weighted by Gasteiger charge is -2.15. The number of hydrogen-bond acceptors (Lipinski definition) is 4. The number of nitrogens with one attached hydrogen (secondary N) is 1. The fourth-order valence-corrected chi connectivity index (χ4v) is 2.83. The quantitative estimate of drug-likeness (QED) is 0.905. The molecule has 0 atom stereocenters. The van der Waals surface area contributed by atoms with Crippen molar-refractivity contribution in [2.24, 2.45) is 10.2 Å². The molecule has 0 saturated heterocycles. The van der Waals surface area contributed by atoms with Crippen LogP contribution in [0.4, 0.5) is 14.5 Å². The Morgan fingerprint density at radius 1 is 1.00 bits per heavy atom. The molecule has 0 fully saturated rings. The number of carbonyl (C=O) groups excluding carboxylic acids is 1. The van der Waals surface area contributed by atoms with Crippen molar-refractivity contribution >= 4 is 34.1 Å². The minimum atomic E-state index is -3.63. The number of anilines is 1. The van der Waals surface area contributed by atoms with Crippen LogP contribution in [-0.2, 0) is 4.79 Å². The molecule has 122 valence electrons. The van der Waals surface area contributed by atoms with E-state index in [4.69, 9.17) is 0 Å². The molecule has 0 spiro atoms. The number of benzene rings is 2. The summed E-state index contributed by atoms with van der Waals surface area (Å²) in [6, 6.07) is 17.3. The Bertz CT molecular complexity index is 792. The summed E-state index contributed by atoms with van der Waals surface area (Å²) in [5.74, 6) is -1.38. The van der Waals surface area contributed by atoms with Crippen LogP contribution in [0, 0.1) is 0 Å². The summed E-state index contributed by atoms with van der Waals surface area (Å²) >= 11 is 0.125. The smallest absolute Gasteiger partial charge is 0.320 e. The monoisotopic (exact) mass is 345 g/mol. The lowest BCUT2D eigenvalue weighted by Crippen LogP contribution is -2.32. The lowest BCUT2D eigenvalue weighted by atomic mass is 10.1. The van der Waals surface area contributed by atoms with Gasteiger partial charge in [-0.1, -0.05) is 48.5 Å². The summed E-state index contributed by atoms with van der Waals surface area (Å²) in [4.78, 5) is 11.8. The number of nitrogens with zero attached hydrogens (tertiary/aromatic N) is 2. The van der Waals surface area contributed by atoms with Gasteiger partial charge in [0, 0.05) is 12.1 Å². The van der Waals surface area contributed by atoms with Crippen LogP contribution >= 0.6 is 11.8 Å². The number of amides is 1. The van der Waals surface area contributed by atoms with Crippen molar-refractivity contribution in [1.29, 1.82) is 0 Å². The maximum absolute atomic E-state index is 14.1. The minimum absolute atomic E-state index is 0.113. The molecule has 1 amide bonds. The Hall–Kier alpha value is -2.54. The predicted octanol–water partition coefficient (Wildman–Crippen LogP) is 4.16. The van der Waals surface area contributed by atoms with Crippen LogP contribution in [0.5, 0.6) is 0 Å². The molecule has 0 bridgehead atoms. The fourth-order valence-electron chi connectivity index (χ4n) is 2.10. The van der Waals surface area contributed by atoms with E-state index in [0.29, 0.717) is 11.4 Å². The van der Waals surface area contributed by atoms with E-state index in [0.717, 1.165) is 5.56 Å². The lowest BCUT2D eigenvalue weighted by molar-refractivity contribution is -0.129. The molecule has 24 heavy (non-hydrogen) atoms. The van der Waals surface area contributed by atoms with E-state index in [-0.39, 0.29) is 23.2 Å². The van der Waals surface area contributed by atoms with Crippen molar-refractivity contribution < 1.29 is 13.6 Å². The first kappa shape index (κ1) is 16.3. The van der Waals surface area contributed by atoms with Gasteiger partial charge in [0.2, 0.25) is 0 Å². The summed E-state index contributed by atoms with van der Waals surface area (Å²) in [5.41, 5.74) is 1.75. The van der Waals surface area contributed by atoms with Gasteiger partial charge in [-0.05, 0) is 29.5 Å². The van der Waals surface area contributed by atoms with Gasteiger partial charge in [-0.15, -0.1) is 5.10 Å². The predicted molar refractivity (Wildman–Crippen MR) is 92.6 cm³/mol. The molecular formula is C17H13F2N3OS. The number of para-hydroxylation sites is 1. The van der Waals surface area contributed by atoms with E-state index in [2.05, 4.69) is 15.5 Å². The van der Waals surface area contributed by atoms with Crippen LogP contribution in [0.1, 0.15) is 12.0 Å². The van der Waals surface area contributed by atoms with Crippen LogP contribution in [0.2, 0.25) is 0 Å². The number of carbonyl (C=O) groups is 1. The Kier molecular flexibility index (Phi) is 4.71. The second-order valence-corrected chi connectivity index (χ2v) is 6.21. The van der Waals surface area contributed by atoms with Gasteiger partial charge in [-0.3, -0.25) is 4.79 Å². The van der Waals surface area contributed by atoms with E-state index in [1.807, 2.05) is 30.3 Å². The summed E-state index contributed by atoms with van der Waals surface area (Å²) < 4.78 is 28.2. The van der Waals surface area contributed by atoms with Crippen molar-refractivity contribution in [3.8, 4) is 0 Å². The highest BCUT2D eigenvalue weighted by atomic mass is 32.2. The van der Waals surface area contributed by atoms with Gasteiger partial charge < -0.3 is 5.32 Å². The van der Waals surface area contributed by atoms with Crippen molar-refractivity contribution in [2.75, 3.05) is 5.32 Å². The number of halogens is 2. The second kappa shape index (κ2) is 6.92. The van der Waals surface area contributed by atoms with Gasteiger partial charge in [0.1, 0.15) is 5.04 Å². The van der Waals surface area contributed by atoms with Gasteiger partial charge >= 0.3 is 11.2 Å². The normalized spacial score (nSPS) is 14.1. The van der Waals surface area contributed by atoms with E-state index in [1.165, 1.54) is 0 Å². The number of thioether (sulfide) groups is 1. The molecule has 1 heterocycles. The van der Waals surface area contributed by atoms with Crippen molar-refractivity contribution in [2.45, 2.75) is 11.7 Å². The van der Waals surface area contributed by atoms with Gasteiger partial charge in [-0.2, -0.15) is 13.9 Å². The summed E-state index contributed by atoms with van der Waals surface area (Å²) in [6.07, 6.45) is 0.183. The molecule has 7 heteroatoms. The summed E-state index contributed by atoms with van der Waals surface area (Å²) in [7, 11) is 0. The average Bonchev–Trinajstić information content (AvgIpc) is 3.04. The highest BCUT2D eigenvalue weighted by Gasteiger charge is 2.42. The largest absolute Gasteiger partial charge is 0.376 e. The van der Waals surface area contributed by atoms with E-state index < -0.39 is 11.2 Å². The maximum atomic E-state index is 14.1. The maximum Gasteiger partial charge on any atom is 0.376 e. The van der Waals surface area contributed by atoms with Crippen molar-refractivity contribution in [3.63, 3.8) is 0 Å². The third-order valence-electron chi connectivity index (χ3n) is 3.25. The summed E-state index contributed by atoms with van der Waals surface area (Å²) in [5, 5.41) is 6.39. The third kappa shape index (κ3) is 3.86. The molecule has 2 aromatic carbocycles. The molecule has 1 aliphatic heterocycles. The number of rotatable bonds is 4. The van der Waals surface area contributed by atoms with Crippen LogP contribution in [0.3, 0.4) is 0 Å². The van der Waals surface area contributed by atoms with Gasteiger partial charge in [0.25, 0.3) is 0 Å². The molecule has 1 aliphatic rings. The van der Waals surface area contributed by atoms with Crippen LogP contribution in [0.15, 0.2) is 70.9 Å². The van der Waals surface area contributed by atoms with E-state index in [9.17, 15) is 13.6 Å². The molecule has 1 N–H and O–H groups in total. The van der Waals surface area contributed by atoms with Crippen molar-refractivity contribution in [1.82, 2.24) is 0 Å². The van der Waals surface area contributed by atoms with Gasteiger partial charge in [-0.25, -0.2) is 0 Å². The molecule has 0 aromatic heterocycles. The number of alkyl halides is 2. The van der Waals surface area contributed by atoms with Crippen LogP contribution < -0.4 is 5.32 Å². The molecule has 3 rings (SSSR count). The molecule has 0 radical (unpaired) electrons. The Morgan fingerprint density at radius 2 is 1.62 bits per heavy atom. The fraction of sp³-hybridized carbons (Fsp3) is 0.118. The van der Waals surface area contributed by atoms with E-state index in [1.54, 1.807) is 30.3 Å². The SMILES string of the molecule is O=C(Nc1ccccc1)C(F)(F)SC1=NN=C(c2ccccc2)C1. The molecule has 4 nitrogen and oxygen atoms in total. The Morgan fingerprint density at radius 3 is 2.29 bits per heavy atom. The average molecular weight is 345 g/mol. The first-order chi connectivity index (χ1) is 11.5. The Labute approximate surface area is 141 Å². The molecule has 0 saturated carbocycles. The zero-order valence-corrected chi connectivity index (χ0v) is 13.3. The topological polar surface area (TPSA) is 53.8 Å². The zero-order chi connectivity index (χ0) is 17.0. The third-order valence-corrected chi connectivity index (χ3v) is 4.15. The standard InChI is InChI=1S/C17H13F2N3OS/c18-17(19,16(23)20-13-9-5-2-6-10-13)24-15-11-14(21-22-15)12-7-3-1-4-8-12/h1-10H,11H2,(H,20,23). The van der Waals surface area contributed by atoms with Crippen LogP contribution in [0.25, 0.3) is 0 Å². The summed E-state index contributed by atoms with van der Waals surface area (Å²) in [6.45, 7) is 0. The van der Waals surface area contributed by atoms with E-state index >= 15 is 0 Å². The molecule has 0 aliphatic carbocycles. The number of hydrogen-bond donors (Lipinski definition) is 1. The highest BCUT2D eigenvalue weighted by molar-refractivity contribution is 8.15. The second-order valence-electron chi connectivity index (χ2n) is 5.02. The highest BCUT2D eigenvalue weighted by Crippen LogP contribution is 2.34. The van der Waals surface area contributed by atoms with Crippen LogP contribution in [-0.4, -0.2) is 21.9 Å².